The third-order valence-electron chi connectivity index (χ3n) is 5.62. The first-order valence-electron chi connectivity index (χ1n) is 9.71. The van der Waals surface area contributed by atoms with Crippen LogP contribution in [0.4, 0.5) is 0 Å². The lowest BCUT2D eigenvalue weighted by Crippen LogP contribution is -2.46. The molecule has 2 heterocycles. The number of hydrogen-bond donors (Lipinski definition) is 1. The van der Waals surface area contributed by atoms with Gasteiger partial charge >= 0.3 is 0 Å². The number of amides is 2. The molecule has 2 amide bonds. The van der Waals surface area contributed by atoms with Crippen LogP contribution in [-0.2, 0) is 4.79 Å². The highest BCUT2D eigenvalue weighted by Crippen LogP contribution is 2.27. The van der Waals surface area contributed by atoms with Crippen molar-refractivity contribution in [1.29, 1.82) is 0 Å². The molecule has 1 saturated heterocycles. The quantitative estimate of drug-likeness (QED) is 0.893. The Morgan fingerprint density at radius 3 is 2.40 bits per heavy atom. The summed E-state index contributed by atoms with van der Waals surface area (Å²) in [5.41, 5.74) is 0.640. The van der Waals surface area contributed by atoms with E-state index < -0.39 is 0 Å². The third kappa shape index (κ3) is 5.28. The molecule has 1 N–H and O–H groups in total. The van der Waals surface area contributed by atoms with Gasteiger partial charge in [0, 0.05) is 43.5 Å². The number of aromatic nitrogens is 1. The topological polar surface area (TPSA) is 62.3 Å². The zero-order valence-corrected chi connectivity index (χ0v) is 15.0. The van der Waals surface area contributed by atoms with Crippen molar-refractivity contribution in [3.8, 4) is 0 Å². The lowest BCUT2D eigenvalue weighted by atomic mass is 9.86. The second kappa shape index (κ2) is 8.97. The van der Waals surface area contributed by atoms with Crippen molar-refractivity contribution < 1.29 is 9.59 Å². The highest BCUT2D eigenvalue weighted by atomic mass is 16.2. The average Bonchev–Trinajstić information content (AvgIpc) is 2.68. The van der Waals surface area contributed by atoms with Crippen molar-refractivity contribution >= 4 is 11.8 Å². The predicted octanol–water partition coefficient (Wildman–Crippen LogP) is 3.16. The van der Waals surface area contributed by atoms with Crippen molar-refractivity contribution in [1.82, 2.24) is 15.2 Å². The molecule has 5 nitrogen and oxygen atoms in total. The Hall–Kier alpha value is -1.91. The van der Waals surface area contributed by atoms with Gasteiger partial charge in [0.15, 0.2) is 0 Å². The number of carbonyl (C=O) groups excluding carboxylic acids is 2. The van der Waals surface area contributed by atoms with Crippen LogP contribution in [0.5, 0.6) is 0 Å². The van der Waals surface area contributed by atoms with Gasteiger partial charge in [-0.3, -0.25) is 14.6 Å². The van der Waals surface area contributed by atoms with Crippen LogP contribution in [0.1, 0.15) is 68.1 Å². The minimum Gasteiger partial charge on any atom is -0.349 e. The maximum atomic E-state index is 12.4. The zero-order chi connectivity index (χ0) is 17.5. The van der Waals surface area contributed by atoms with E-state index in [-0.39, 0.29) is 11.9 Å². The summed E-state index contributed by atoms with van der Waals surface area (Å²) in [5.74, 6) is 1.00. The molecule has 0 bridgehead atoms. The van der Waals surface area contributed by atoms with E-state index in [9.17, 15) is 9.59 Å². The van der Waals surface area contributed by atoms with Crippen LogP contribution in [0.3, 0.4) is 0 Å². The second-order valence-corrected chi connectivity index (χ2v) is 7.41. The summed E-state index contributed by atoms with van der Waals surface area (Å²) in [5, 5.41) is 3.07. The molecule has 2 aliphatic rings. The first-order valence-corrected chi connectivity index (χ1v) is 9.71. The molecule has 136 valence electrons. The molecule has 0 atom stereocenters. The first kappa shape index (κ1) is 17.9. The van der Waals surface area contributed by atoms with E-state index in [0.717, 1.165) is 38.3 Å². The van der Waals surface area contributed by atoms with Gasteiger partial charge in [-0.15, -0.1) is 0 Å². The van der Waals surface area contributed by atoms with Gasteiger partial charge in [0.05, 0.1) is 0 Å². The smallest absolute Gasteiger partial charge is 0.251 e. The predicted molar refractivity (Wildman–Crippen MR) is 97.1 cm³/mol. The van der Waals surface area contributed by atoms with Crippen molar-refractivity contribution in [2.24, 2.45) is 5.92 Å². The van der Waals surface area contributed by atoms with Gasteiger partial charge in [0.2, 0.25) is 5.91 Å². The fraction of sp³-hybridized carbons (Fsp3) is 0.650. The maximum absolute atomic E-state index is 12.4. The molecule has 0 spiro atoms. The number of pyridine rings is 1. The molecular weight excluding hydrogens is 314 g/mol. The molecule has 0 unspecified atom stereocenters. The van der Waals surface area contributed by atoms with Crippen LogP contribution in [0.15, 0.2) is 24.5 Å². The summed E-state index contributed by atoms with van der Waals surface area (Å²) in [6.07, 6.45) is 13.3. The Morgan fingerprint density at radius 2 is 1.72 bits per heavy atom. The number of piperidine rings is 1. The molecule has 2 fully saturated rings. The van der Waals surface area contributed by atoms with Gasteiger partial charge in [0.1, 0.15) is 0 Å². The number of hydrogen-bond acceptors (Lipinski definition) is 3. The lowest BCUT2D eigenvalue weighted by molar-refractivity contribution is -0.132. The molecule has 5 heteroatoms. The number of carbonyl (C=O) groups is 2. The summed E-state index contributed by atoms with van der Waals surface area (Å²) in [6.45, 7) is 1.51. The first-order chi connectivity index (χ1) is 12.2. The normalized spacial score (nSPS) is 19.6. The van der Waals surface area contributed by atoms with Crippen LogP contribution < -0.4 is 5.32 Å². The van der Waals surface area contributed by atoms with Gasteiger partial charge in [-0.05, 0) is 37.3 Å². The molecule has 0 aromatic carbocycles. The zero-order valence-electron chi connectivity index (χ0n) is 15.0. The van der Waals surface area contributed by atoms with E-state index in [2.05, 4.69) is 10.3 Å². The van der Waals surface area contributed by atoms with Gasteiger partial charge in [0.25, 0.3) is 5.91 Å². The monoisotopic (exact) mass is 343 g/mol. The van der Waals surface area contributed by atoms with Crippen LogP contribution in [-0.4, -0.2) is 40.8 Å². The van der Waals surface area contributed by atoms with E-state index in [1.807, 2.05) is 4.90 Å². The Bertz CT molecular complexity index is 562. The van der Waals surface area contributed by atoms with Crippen LogP contribution in [0.25, 0.3) is 0 Å². The van der Waals surface area contributed by atoms with Crippen molar-refractivity contribution in [3.05, 3.63) is 30.1 Å². The number of rotatable bonds is 5. The fourth-order valence-electron chi connectivity index (χ4n) is 4.01. The Kier molecular flexibility index (Phi) is 6.42. The third-order valence-corrected chi connectivity index (χ3v) is 5.62. The van der Waals surface area contributed by atoms with Crippen molar-refractivity contribution in [3.63, 3.8) is 0 Å². The second-order valence-electron chi connectivity index (χ2n) is 7.41. The van der Waals surface area contributed by atoms with E-state index in [4.69, 9.17) is 0 Å². The van der Waals surface area contributed by atoms with Crippen LogP contribution in [0.2, 0.25) is 0 Å². The fourth-order valence-corrected chi connectivity index (χ4v) is 4.01. The van der Waals surface area contributed by atoms with Gasteiger partial charge in [-0.1, -0.05) is 32.1 Å². The Morgan fingerprint density at radius 1 is 1.04 bits per heavy atom. The van der Waals surface area contributed by atoms with Crippen molar-refractivity contribution in [2.75, 3.05) is 13.1 Å². The molecule has 1 saturated carbocycles. The standard InChI is InChI=1S/C20H29N3O2/c24-19(7-6-16-4-2-1-3-5-16)23-14-10-18(11-15-23)22-20(25)17-8-12-21-13-9-17/h8-9,12-13,16,18H,1-7,10-11,14-15H2,(H,22,25). The minimum absolute atomic E-state index is 0.0514. The van der Waals surface area contributed by atoms with Gasteiger partial charge < -0.3 is 10.2 Å². The molecular formula is C20H29N3O2. The van der Waals surface area contributed by atoms with E-state index >= 15 is 0 Å². The van der Waals surface area contributed by atoms with Gasteiger partial charge in [-0.2, -0.15) is 0 Å². The number of nitrogens with one attached hydrogen (secondary N) is 1. The summed E-state index contributed by atoms with van der Waals surface area (Å²) in [6, 6.07) is 3.60. The van der Waals surface area contributed by atoms with Gasteiger partial charge in [-0.25, -0.2) is 0 Å². The maximum Gasteiger partial charge on any atom is 0.251 e. The Balaban J connectivity index is 1.37. The Labute approximate surface area is 150 Å². The number of likely N-dealkylation sites (tertiary alicyclic amines) is 1. The SMILES string of the molecule is O=C(NC1CCN(C(=O)CCC2CCCCC2)CC1)c1ccncc1. The van der Waals surface area contributed by atoms with E-state index in [1.54, 1.807) is 24.5 Å². The minimum atomic E-state index is -0.0514. The largest absolute Gasteiger partial charge is 0.349 e. The average molecular weight is 343 g/mol. The summed E-state index contributed by atoms with van der Waals surface area (Å²) >= 11 is 0. The molecule has 25 heavy (non-hydrogen) atoms. The highest BCUT2D eigenvalue weighted by Gasteiger charge is 2.24. The molecule has 1 aromatic heterocycles. The number of nitrogens with zero attached hydrogens (tertiary/aromatic N) is 2. The summed E-state index contributed by atoms with van der Waals surface area (Å²) in [7, 11) is 0. The van der Waals surface area contributed by atoms with Crippen LogP contribution in [0, 0.1) is 5.92 Å². The van der Waals surface area contributed by atoms with E-state index in [0.29, 0.717) is 17.9 Å². The summed E-state index contributed by atoms with van der Waals surface area (Å²) in [4.78, 5) is 30.5. The van der Waals surface area contributed by atoms with E-state index in [1.165, 1.54) is 32.1 Å². The molecule has 1 aromatic rings. The van der Waals surface area contributed by atoms with Crippen molar-refractivity contribution in [2.45, 2.75) is 63.8 Å². The highest BCUT2D eigenvalue weighted by molar-refractivity contribution is 5.94. The van der Waals surface area contributed by atoms with Crippen LogP contribution >= 0.6 is 0 Å². The molecule has 3 rings (SSSR count). The lowest BCUT2D eigenvalue weighted by Gasteiger charge is -2.33. The summed E-state index contributed by atoms with van der Waals surface area (Å²) < 4.78 is 0. The molecule has 0 radical (unpaired) electrons. The molecule has 1 aliphatic carbocycles. The molecule has 1 aliphatic heterocycles.